The van der Waals surface area contributed by atoms with Crippen LogP contribution in [-0.4, -0.2) is 53.1 Å². The lowest BCUT2D eigenvalue weighted by Crippen LogP contribution is -2.45. The number of piperidine rings is 1. The van der Waals surface area contributed by atoms with Crippen molar-refractivity contribution >= 4 is 27.7 Å². The topological polar surface area (TPSA) is 40.6 Å². The fraction of sp³-hybridized carbons (Fsp3) is 0.875. The molecule has 1 aliphatic heterocycles. The lowest BCUT2D eigenvalue weighted by Gasteiger charge is -2.34. The minimum absolute atomic E-state index is 0.109. The van der Waals surface area contributed by atoms with E-state index >= 15 is 0 Å². The number of rotatable bonds is 8. The first-order chi connectivity index (χ1) is 10.1. The molecule has 0 spiro atoms. The van der Waals surface area contributed by atoms with Crippen LogP contribution in [-0.2, 0) is 9.59 Å². The molecule has 2 amide bonds. The second-order valence-corrected chi connectivity index (χ2v) is 6.38. The molecule has 0 aromatic heterocycles. The molecule has 0 N–H and O–H groups in total. The Bertz CT molecular complexity index is 320. The van der Waals surface area contributed by atoms with E-state index in [2.05, 4.69) is 34.7 Å². The molecule has 0 aliphatic carbocycles. The summed E-state index contributed by atoms with van der Waals surface area (Å²) in [6.07, 6.45) is 6.02. The monoisotopic (exact) mass is 360 g/mol. The Morgan fingerprint density at radius 3 is 2.05 bits per heavy atom. The Labute approximate surface area is 137 Å². The zero-order valence-electron chi connectivity index (χ0n) is 13.4. The van der Waals surface area contributed by atoms with Gasteiger partial charge in [-0.1, -0.05) is 42.6 Å². The van der Waals surface area contributed by atoms with E-state index in [0.717, 1.165) is 64.7 Å². The van der Waals surface area contributed by atoms with E-state index in [-0.39, 0.29) is 11.8 Å². The van der Waals surface area contributed by atoms with Crippen LogP contribution in [0.2, 0.25) is 0 Å². The summed E-state index contributed by atoms with van der Waals surface area (Å²) < 4.78 is 0. The molecule has 1 fully saturated rings. The number of carbonyl (C=O) groups excluding carboxylic acids is 2. The predicted octanol–water partition coefficient (Wildman–Crippen LogP) is 3.05. The van der Waals surface area contributed by atoms with E-state index < -0.39 is 0 Å². The smallest absolute Gasteiger partial charge is 0.233 e. The van der Waals surface area contributed by atoms with Crippen LogP contribution in [0.5, 0.6) is 0 Å². The summed E-state index contributed by atoms with van der Waals surface area (Å²) in [6, 6.07) is 0. The Kier molecular flexibility index (Phi) is 8.97. The third kappa shape index (κ3) is 5.97. The first-order valence-electron chi connectivity index (χ1n) is 8.26. The van der Waals surface area contributed by atoms with E-state index in [4.69, 9.17) is 0 Å². The van der Waals surface area contributed by atoms with Gasteiger partial charge in [0.15, 0.2) is 0 Å². The number of amides is 2. The summed E-state index contributed by atoms with van der Waals surface area (Å²) in [4.78, 5) is 28.2. The molecule has 0 bridgehead atoms. The fourth-order valence-electron chi connectivity index (χ4n) is 2.75. The van der Waals surface area contributed by atoms with Gasteiger partial charge in [-0.15, -0.1) is 0 Å². The van der Waals surface area contributed by atoms with Crippen LogP contribution in [0.25, 0.3) is 0 Å². The Morgan fingerprint density at radius 2 is 1.62 bits per heavy atom. The van der Waals surface area contributed by atoms with Crippen LogP contribution in [0.15, 0.2) is 0 Å². The van der Waals surface area contributed by atoms with E-state index in [0.29, 0.717) is 11.2 Å². The maximum atomic E-state index is 12.7. The van der Waals surface area contributed by atoms with E-state index in [1.165, 1.54) is 0 Å². The standard InChI is InChI=1S/C16H29BrN2O2/c1-3-5-9-19(10-6-4-2)16(21)14-7-11-18(12-8-14)15(20)13-17/h14H,3-13H2,1-2H3. The van der Waals surface area contributed by atoms with Crippen molar-refractivity contribution in [3.63, 3.8) is 0 Å². The summed E-state index contributed by atoms with van der Waals surface area (Å²) in [6.45, 7) is 7.53. The van der Waals surface area contributed by atoms with Crippen LogP contribution < -0.4 is 0 Å². The quantitative estimate of drug-likeness (QED) is 0.624. The number of alkyl halides is 1. The van der Waals surface area contributed by atoms with Crippen molar-refractivity contribution in [2.45, 2.75) is 52.4 Å². The third-order valence-electron chi connectivity index (χ3n) is 4.19. The molecule has 21 heavy (non-hydrogen) atoms. The molecule has 1 saturated heterocycles. The highest BCUT2D eigenvalue weighted by Crippen LogP contribution is 2.20. The van der Waals surface area contributed by atoms with Crippen molar-refractivity contribution in [3.05, 3.63) is 0 Å². The van der Waals surface area contributed by atoms with E-state index in [1.54, 1.807) is 0 Å². The molecule has 4 nitrogen and oxygen atoms in total. The molecule has 1 rings (SSSR count). The largest absolute Gasteiger partial charge is 0.342 e. The van der Waals surface area contributed by atoms with Gasteiger partial charge >= 0.3 is 0 Å². The molecular formula is C16H29BrN2O2. The predicted molar refractivity (Wildman–Crippen MR) is 89.5 cm³/mol. The SMILES string of the molecule is CCCCN(CCCC)C(=O)C1CCN(C(=O)CBr)CC1. The van der Waals surface area contributed by atoms with Crippen molar-refractivity contribution in [2.75, 3.05) is 31.5 Å². The minimum atomic E-state index is 0.109. The van der Waals surface area contributed by atoms with Gasteiger partial charge in [0.2, 0.25) is 11.8 Å². The Hall–Kier alpha value is -0.580. The first kappa shape index (κ1) is 18.5. The number of halogens is 1. The first-order valence-corrected chi connectivity index (χ1v) is 9.38. The van der Waals surface area contributed by atoms with Crippen molar-refractivity contribution in [1.82, 2.24) is 9.80 Å². The molecule has 0 unspecified atom stereocenters. The molecule has 1 heterocycles. The molecular weight excluding hydrogens is 332 g/mol. The number of hydrogen-bond donors (Lipinski definition) is 0. The number of nitrogens with zero attached hydrogens (tertiary/aromatic N) is 2. The van der Waals surface area contributed by atoms with Crippen LogP contribution in [0.4, 0.5) is 0 Å². The van der Waals surface area contributed by atoms with Gasteiger partial charge in [-0.2, -0.15) is 0 Å². The zero-order valence-corrected chi connectivity index (χ0v) is 15.0. The molecule has 5 heteroatoms. The Balaban J connectivity index is 2.49. The average molecular weight is 361 g/mol. The summed E-state index contributed by atoms with van der Waals surface area (Å²) in [5, 5.41) is 0.380. The van der Waals surface area contributed by atoms with Crippen LogP contribution >= 0.6 is 15.9 Å². The molecule has 0 aromatic carbocycles. The molecule has 0 saturated carbocycles. The molecule has 0 aromatic rings. The lowest BCUT2D eigenvalue weighted by atomic mass is 9.95. The highest BCUT2D eigenvalue weighted by Gasteiger charge is 2.29. The average Bonchev–Trinajstić information content (AvgIpc) is 2.54. The zero-order chi connectivity index (χ0) is 15.7. The summed E-state index contributed by atoms with van der Waals surface area (Å²) in [5.74, 6) is 0.552. The van der Waals surface area contributed by atoms with Gasteiger partial charge in [0.1, 0.15) is 0 Å². The summed E-state index contributed by atoms with van der Waals surface area (Å²) in [7, 11) is 0. The van der Waals surface area contributed by atoms with Crippen molar-refractivity contribution in [2.24, 2.45) is 5.92 Å². The minimum Gasteiger partial charge on any atom is -0.342 e. The van der Waals surface area contributed by atoms with Gasteiger partial charge in [-0.05, 0) is 25.7 Å². The summed E-state index contributed by atoms with van der Waals surface area (Å²) in [5.41, 5.74) is 0. The number of carbonyl (C=O) groups is 2. The summed E-state index contributed by atoms with van der Waals surface area (Å²) >= 11 is 3.21. The van der Waals surface area contributed by atoms with E-state index in [9.17, 15) is 9.59 Å². The number of hydrogen-bond acceptors (Lipinski definition) is 2. The lowest BCUT2D eigenvalue weighted by molar-refractivity contribution is -0.140. The second kappa shape index (κ2) is 10.2. The van der Waals surface area contributed by atoms with Gasteiger partial charge in [0.05, 0.1) is 5.33 Å². The van der Waals surface area contributed by atoms with Gasteiger partial charge in [0, 0.05) is 32.1 Å². The van der Waals surface area contributed by atoms with Gasteiger partial charge in [0.25, 0.3) is 0 Å². The Morgan fingerprint density at radius 1 is 1.10 bits per heavy atom. The van der Waals surface area contributed by atoms with E-state index in [1.807, 2.05) is 4.90 Å². The third-order valence-corrected chi connectivity index (χ3v) is 4.67. The van der Waals surface area contributed by atoms with Gasteiger partial charge in [-0.25, -0.2) is 0 Å². The normalized spacial score (nSPS) is 16.0. The van der Waals surface area contributed by atoms with Crippen molar-refractivity contribution in [3.8, 4) is 0 Å². The van der Waals surface area contributed by atoms with Crippen molar-refractivity contribution < 1.29 is 9.59 Å². The maximum absolute atomic E-state index is 12.7. The molecule has 0 atom stereocenters. The highest BCUT2D eigenvalue weighted by atomic mass is 79.9. The highest BCUT2D eigenvalue weighted by molar-refractivity contribution is 9.09. The van der Waals surface area contributed by atoms with Crippen LogP contribution in [0.3, 0.4) is 0 Å². The molecule has 1 aliphatic rings. The second-order valence-electron chi connectivity index (χ2n) is 5.82. The fourth-order valence-corrected chi connectivity index (χ4v) is 3.10. The maximum Gasteiger partial charge on any atom is 0.233 e. The molecule has 0 radical (unpaired) electrons. The van der Waals surface area contributed by atoms with Gasteiger partial charge in [-0.3, -0.25) is 9.59 Å². The molecule has 122 valence electrons. The van der Waals surface area contributed by atoms with Crippen LogP contribution in [0.1, 0.15) is 52.4 Å². The van der Waals surface area contributed by atoms with Gasteiger partial charge < -0.3 is 9.80 Å². The van der Waals surface area contributed by atoms with Crippen molar-refractivity contribution in [1.29, 1.82) is 0 Å². The number of unbranched alkanes of at least 4 members (excludes halogenated alkanes) is 2. The van der Waals surface area contributed by atoms with Crippen LogP contribution in [0, 0.1) is 5.92 Å². The number of likely N-dealkylation sites (tertiary alicyclic amines) is 1.